The Morgan fingerprint density at radius 1 is 1.64 bits per heavy atom. The molecule has 0 heterocycles. The van der Waals surface area contributed by atoms with Crippen molar-refractivity contribution in [2.75, 3.05) is 7.11 Å². The summed E-state index contributed by atoms with van der Waals surface area (Å²) in [6.07, 6.45) is 7.19. The Labute approximate surface area is 88.2 Å². The molecule has 0 aromatic carbocycles. The van der Waals surface area contributed by atoms with Gasteiger partial charge < -0.3 is 4.74 Å². The lowest BCUT2D eigenvalue weighted by atomic mass is 9.79. The normalized spacial score (nSPS) is 29.4. The number of nitrogens with zero attached hydrogens (tertiary/aromatic N) is 1. The van der Waals surface area contributed by atoms with Gasteiger partial charge >= 0.3 is 5.97 Å². The lowest BCUT2D eigenvalue weighted by Gasteiger charge is -2.28. The van der Waals surface area contributed by atoms with Gasteiger partial charge in [0.1, 0.15) is 5.41 Å². The number of allylic oxidation sites excluding steroid dienone is 2. The minimum atomic E-state index is -0.769. The average molecular weight is 209 g/mol. The van der Waals surface area contributed by atoms with Gasteiger partial charge in [0.2, 0.25) is 0 Å². The van der Waals surface area contributed by atoms with Gasteiger partial charge in [-0.2, -0.15) is 0 Å². The number of methoxy groups -OCH3 is 1. The summed E-state index contributed by atoms with van der Waals surface area (Å²) in [5, 5.41) is 2.29. The van der Waals surface area contributed by atoms with Crippen molar-refractivity contribution < 1.29 is 9.53 Å². The van der Waals surface area contributed by atoms with E-state index in [9.17, 15) is 4.79 Å². The highest BCUT2D eigenvalue weighted by Crippen LogP contribution is 2.31. The Hall–Kier alpha value is -1.25. The number of hydrogen-bond donors (Lipinski definition) is 0. The van der Waals surface area contributed by atoms with Crippen LogP contribution in [0.1, 0.15) is 6.92 Å². The molecule has 0 aromatic heterocycles. The Bertz CT molecular complexity index is 342. The van der Waals surface area contributed by atoms with E-state index in [0.717, 1.165) is 0 Å². The third-order valence-electron chi connectivity index (χ3n) is 2.28. The molecule has 2 atom stereocenters. The summed E-state index contributed by atoms with van der Waals surface area (Å²) in [7, 11) is 1.36. The van der Waals surface area contributed by atoms with E-state index < -0.39 is 5.41 Å². The maximum atomic E-state index is 11.5. The van der Waals surface area contributed by atoms with Crippen LogP contribution in [0.2, 0.25) is 0 Å². The molecule has 0 N–H and O–H groups in total. The molecule has 0 saturated heterocycles. The van der Waals surface area contributed by atoms with Crippen LogP contribution in [0.15, 0.2) is 29.3 Å². The molecule has 2 unspecified atom stereocenters. The number of esters is 1. The molecule has 1 rings (SSSR count). The number of aliphatic imine (C=N–C) groups is 1. The molecule has 1 aliphatic rings. The Kier molecular flexibility index (Phi) is 3.33. The monoisotopic (exact) mass is 209 g/mol. The van der Waals surface area contributed by atoms with Crippen molar-refractivity contribution in [3.8, 4) is 0 Å². The Morgan fingerprint density at radius 2 is 2.36 bits per heavy atom. The first-order chi connectivity index (χ1) is 6.65. The van der Waals surface area contributed by atoms with Gasteiger partial charge in [0.05, 0.1) is 18.3 Å². The average Bonchev–Trinajstić information content (AvgIpc) is 2.20. The second-order valence-corrected chi connectivity index (χ2v) is 3.37. The maximum absolute atomic E-state index is 11.5. The summed E-state index contributed by atoms with van der Waals surface area (Å²) in [6, 6.07) is -0.322. The van der Waals surface area contributed by atoms with Gasteiger partial charge in [0.15, 0.2) is 0 Å². The molecular formula is C10H11NO2S. The van der Waals surface area contributed by atoms with Gasteiger partial charge in [-0.15, -0.1) is 0 Å². The molecule has 0 amide bonds. The highest BCUT2D eigenvalue weighted by molar-refractivity contribution is 7.78. The van der Waals surface area contributed by atoms with Crippen molar-refractivity contribution in [3.05, 3.63) is 24.3 Å². The summed E-state index contributed by atoms with van der Waals surface area (Å²) in [5.74, 6) is -0.322. The van der Waals surface area contributed by atoms with Crippen LogP contribution in [-0.2, 0) is 9.53 Å². The van der Waals surface area contributed by atoms with Crippen molar-refractivity contribution in [2.45, 2.75) is 13.0 Å². The standard InChI is InChI=1S/C10H11NO2S/c1-10(9(12)13-2)6-4-3-5-8(10)11-7-14/h3-6,8H,1-2H3. The van der Waals surface area contributed by atoms with Gasteiger partial charge in [0, 0.05) is 0 Å². The summed E-state index contributed by atoms with van der Waals surface area (Å²) in [6.45, 7) is 1.76. The summed E-state index contributed by atoms with van der Waals surface area (Å²) in [5.41, 5.74) is -0.769. The molecule has 74 valence electrons. The van der Waals surface area contributed by atoms with Crippen LogP contribution in [0.25, 0.3) is 0 Å². The van der Waals surface area contributed by atoms with Crippen molar-refractivity contribution in [1.82, 2.24) is 0 Å². The second kappa shape index (κ2) is 4.31. The van der Waals surface area contributed by atoms with Crippen LogP contribution in [0.4, 0.5) is 0 Å². The van der Waals surface area contributed by atoms with Crippen LogP contribution in [-0.4, -0.2) is 24.3 Å². The number of thiocarbonyl (C=S) groups is 1. The minimum absolute atomic E-state index is 0.322. The molecule has 0 fully saturated rings. The molecule has 0 spiro atoms. The van der Waals surface area contributed by atoms with Crippen LogP contribution >= 0.6 is 12.2 Å². The number of carbonyl (C=O) groups excluding carboxylic acids is 1. The number of ether oxygens (including phenoxy) is 1. The molecule has 3 nitrogen and oxygen atoms in total. The first kappa shape index (κ1) is 10.8. The van der Waals surface area contributed by atoms with Gasteiger partial charge in [-0.25, -0.2) is 4.99 Å². The van der Waals surface area contributed by atoms with Crippen LogP contribution < -0.4 is 0 Å². The largest absolute Gasteiger partial charge is 0.468 e. The number of isothiocyanates is 1. The maximum Gasteiger partial charge on any atom is 0.317 e. The van der Waals surface area contributed by atoms with Crippen molar-refractivity contribution in [1.29, 1.82) is 0 Å². The van der Waals surface area contributed by atoms with E-state index in [4.69, 9.17) is 4.74 Å². The van der Waals surface area contributed by atoms with E-state index in [0.29, 0.717) is 0 Å². The van der Waals surface area contributed by atoms with Crippen molar-refractivity contribution in [3.63, 3.8) is 0 Å². The third kappa shape index (κ3) is 1.81. The molecule has 0 bridgehead atoms. The van der Waals surface area contributed by atoms with Gasteiger partial charge in [-0.05, 0) is 19.1 Å². The van der Waals surface area contributed by atoms with E-state index in [1.807, 2.05) is 6.08 Å². The fourth-order valence-electron chi connectivity index (χ4n) is 1.37. The minimum Gasteiger partial charge on any atom is -0.468 e. The fourth-order valence-corrected chi connectivity index (χ4v) is 1.48. The summed E-state index contributed by atoms with van der Waals surface area (Å²) in [4.78, 5) is 15.5. The molecule has 4 heteroatoms. The fraction of sp³-hybridized carbons (Fsp3) is 0.400. The zero-order valence-electron chi connectivity index (χ0n) is 8.06. The van der Waals surface area contributed by atoms with Crippen LogP contribution in [0.5, 0.6) is 0 Å². The van der Waals surface area contributed by atoms with Crippen LogP contribution in [0, 0.1) is 5.41 Å². The smallest absolute Gasteiger partial charge is 0.317 e. The number of rotatable bonds is 2. The predicted octanol–water partition coefficient (Wildman–Crippen LogP) is 1.76. The van der Waals surface area contributed by atoms with E-state index >= 15 is 0 Å². The van der Waals surface area contributed by atoms with E-state index in [-0.39, 0.29) is 12.0 Å². The van der Waals surface area contributed by atoms with Crippen LogP contribution in [0.3, 0.4) is 0 Å². The quantitative estimate of drug-likeness (QED) is 0.395. The first-order valence-corrected chi connectivity index (χ1v) is 4.57. The summed E-state index contributed by atoms with van der Waals surface area (Å²) < 4.78 is 4.72. The van der Waals surface area contributed by atoms with Crippen molar-refractivity contribution in [2.24, 2.45) is 10.4 Å². The first-order valence-electron chi connectivity index (χ1n) is 4.16. The number of hydrogen-bond acceptors (Lipinski definition) is 4. The van der Waals surface area contributed by atoms with Crippen molar-refractivity contribution >= 4 is 23.3 Å². The Balaban J connectivity index is 3.05. The third-order valence-corrected chi connectivity index (χ3v) is 2.38. The van der Waals surface area contributed by atoms with Gasteiger partial charge in [-0.3, -0.25) is 4.79 Å². The molecule has 14 heavy (non-hydrogen) atoms. The molecule has 1 aliphatic carbocycles. The highest BCUT2D eigenvalue weighted by atomic mass is 32.1. The zero-order valence-corrected chi connectivity index (χ0v) is 8.88. The topological polar surface area (TPSA) is 38.7 Å². The molecule has 0 saturated carbocycles. The SMILES string of the molecule is COC(=O)C1(C)C=CC=CC1N=C=S. The van der Waals surface area contributed by atoms with Gasteiger partial charge in [-0.1, -0.05) is 24.3 Å². The summed E-state index contributed by atoms with van der Waals surface area (Å²) >= 11 is 4.53. The van der Waals surface area contributed by atoms with E-state index in [1.54, 1.807) is 25.2 Å². The number of carbonyl (C=O) groups is 1. The Morgan fingerprint density at radius 3 is 2.93 bits per heavy atom. The highest BCUT2D eigenvalue weighted by Gasteiger charge is 2.40. The lowest BCUT2D eigenvalue weighted by molar-refractivity contribution is -0.149. The molecular weight excluding hydrogens is 198 g/mol. The molecule has 0 aliphatic heterocycles. The molecule has 0 radical (unpaired) electrons. The zero-order chi connectivity index (χ0) is 10.6. The molecule has 0 aromatic rings. The van der Waals surface area contributed by atoms with Gasteiger partial charge in [0.25, 0.3) is 0 Å². The second-order valence-electron chi connectivity index (χ2n) is 3.18. The lowest BCUT2D eigenvalue weighted by Crippen LogP contribution is -2.38. The van der Waals surface area contributed by atoms with E-state index in [2.05, 4.69) is 22.4 Å². The predicted molar refractivity (Wildman–Crippen MR) is 57.2 cm³/mol. The van der Waals surface area contributed by atoms with E-state index in [1.165, 1.54) is 7.11 Å².